The maximum Gasteiger partial charge on any atom is 0.340 e. The molecule has 0 saturated carbocycles. The lowest BCUT2D eigenvalue weighted by molar-refractivity contribution is -0.124. The van der Waals surface area contributed by atoms with Gasteiger partial charge in [0.05, 0.1) is 16.8 Å². The molecule has 5 heteroatoms. The van der Waals surface area contributed by atoms with Crippen LogP contribution in [0.1, 0.15) is 42.4 Å². The number of hydrogen-bond donors (Lipinski definition) is 1. The van der Waals surface area contributed by atoms with Gasteiger partial charge in [0, 0.05) is 11.9 Å². The summed E-state index contributed by atoms with van der Waals surface area (Å²) in [5, 5.41) is 3.65. The molecule has 2 aromatic rings. The standard InChI is InChI=1S/C19H24N2O3/c1-5-15-18(13(4)14-8-6-7-9-16(14)21-15)19(23)24-11-17(22)20-10-12(2)3/h6-9,12H,5,10-11H2,1-4H3,(H,20,22). The molecule has 0 aliphatic heterocycles. The highest BCUT2D eigenvalue weighted by Crippen LogP contribution is 2.24. The van der Waals surface area contributed by atoms with E-state index >= 15 is 0 Å². The topological polar surface area (TPSA) is 68.3 Å². The fraction of sp³-hybridized carbons (Fsp3) is 0.421. The number of carbonyl (C=O) groups is 2. The quantitative estimate of drug-likeness (QED) is 0.828. The summed E-state index contributed by atoms with van der Waals surface area (Å²) in [6.45, 7) is 8.13. The van der Waals surface area contributed by atoms with Crippen molar-refractivity contribution in [2.75, 3.05) is 13.2 Å². The van der Waals surface area contributed by atoms with E-state index in [1.54, 1.807) is 0 Å². The first kappa shape index (κ1) is 17.9. The number of nitrogens with zero attached hydrogens (tertiary/aromatic N) is 1. The fourth-order valence-corrected chi connectivity index (χ4v) is 2.54. The lowest BCUT2D eigenvalue weighted by atomic mass is 10.0. The van der Waals surface area contributed by atoms with Crippen LogP contribution in [0.25, 0.3) is 10.9 Å². The Morgan fingerprint density at radius 2 is 1.96 bits per heavy atom. The molecule has 0 bridgehead atoms. The molecular weight excluding hydrogens is 304 g/mol. The Balaban J connectivity index is 2.19. The Kier molecular flexibility index (Phi) is 5.90. The van der Waals surface area contributed by atoms with E-state index in [0.717, 1.165) is 16.5 Å². The van der Waals surface area contributed by atoms with Crippen molar-refractivity contribution in [2.24, 2.45) is 5.92 Å². The second kappa shape index (κ2) is 7.90. The van der Waals surface area contributed by atoms with Crippen molar-refractivity contribution in [3.05, 3.63) is 41.1 Å². The summed E-state index contributed by atoms with van der Waals surface area (Å²) in [6, 6.07) is 7.70. The number of pyridine rings is 1. The number of esters is 1. The SMILES string of the molecule is CCc1nc2ccccc2c(C)c1C(=O)OCC(=O)NCC(C)C. The minimum Gasteiger partial charge on any atom is -0.452 e. The molecule has 1 aromatic carbocycles. The van der Waals surface area contributed by atoms with Crippen molar-refractivity contribution in [1.29, 1.82) is 0 Å². The van der Waals surface area contributed by atoms with E-state index in [1.165, 1.54) is 0 Å². The van der Waals surface area contributed by atoms with Gasteiger partial charge in [-0.2, -0.15) is 0 Å². The maximum absolute atomic E-state index is 12.5. The van der Waals surface area contributed by atoms with Crippen molar-refractivity contribution in [2.45, 2.75) is 34.1 Å². The Morgan fingerprint density at radius 3 is 2.62 bits per heavy atom. The number of benzene rings is 1. The smallest absolute Gasteiger partial charge is 0.340 e. The number of aromatic nitrogens is 1. The van der Waals surface area contributed by atoms with Crippen molar-refractivity contribution >= 4 is 22.8 Å². The number of carbonyl (C=O) groups excluding carboxylic acids is 2. The number of para-hydroxylation sites is 1. The highest BCUT2D eigenvalue weighted by Gasteiger charge is 2.20. The number of fused-ring (bicyclic) bond motifs is 1. The minimum absolute atomic E-state index is 0.277. The fourth-order valence-electron chi connectivity index (χ4n) is 2.54. The molecule has 128 valence electrons. The summed E-state index contributed by atoms with van der Waals surface area (Å²) in [5.41, 5.74) is 2.86. The van der Waals surface area contributed by atoms with Crippen LogP contribution in [0.4, 0.5) is 0 Å². The average Bonchev–Trinajstić information content (AvgIpc) is 2.57. The highest BCUT2D eigenvalue weighted by molar-refractivity contribution is 5.99. The lowest BCUT2D eigenvalue weighted by Crippen LogP contribution is -2.31. The Labute approximate surface area is 142 Å². The third-order valence-electron chi connectivity index (χ3n) is 3.81. The molecule has 0 saturated heterocycles. The predicted octanol–water partition coefficient (Wildman–Crippen LogP) is 3.03. The molecule has 0 aliphatic rings. The van der Waals surface area contributed by atoms with Crippen LogP contribution in [0.2, 0.25) is 0 Å². The number of hydrogen-bond acceptors (Lipinski definition) is 4. The van der Waals surface area contributed by atoms with Gasteiger partial charge in [0.1, 0.15) is 0 Å². The highest BCUT2D eigenvalue weighted by atomic mass is 16.5. The third-order valence-corrected chi connectivity index (χ3v) is 3.81. The molecule has 1 heterocycles. The van der Waals surface area contributed by atoms with E-state index in [9.17, 15) is 9.59 Å². The molecule has 0 fully saturated rings. The van der Waals surface area contributed by atoms with Crippen LogP contribution in [0, 0.1) is 12.8 Å². The Hall–Kier alpha value is -2.43. The first-order chi connectivity index (χ1) is 11.4. The zero-order chi connectivity index (χ0) is 17.7. The van der Waals surface area contributed by atoms with Crippen LogP contribution in [0.5, 0.6) is 0 Å². The molecule has 1 N–H and O–H groups in total. The monoisotopic (exact) mass is 328 g/mol. The van der Waals surface area contributed by atoms with Crippen molar-refractivity contribution < 1.29 is 14.3 Å². The molecule has 5 nitrogen and oxygen atoms in total. The van der Waals surface area contributed by atoms with Gasteiger partial charge in [0.25, 0.3) is 5.91 Å². The van der Waals surface area contributed by atoms with E-state index in [0.29, 0.717) is 30.1 Å². The van der Waals surface area contributed by atoms with Crippen LogP contribution in [-0.4, -0.2) is 30.0 Å². The zero-order valence-electron chi connectivity index (χ0n) is 14.7. The van der Waals surface area contributed by atoms with Crippen molar-refractivity contribution in [1.82, 2.24) is 10.3 Å². The van der Waals surface area contributed by atoms with Crippen molar-refractivity contribution in [3.8, 4) is 0 Å². The van der Waals surface area contributed by atoms with Gasteiger partial charge in [0.2, 0.25) is 0 Å². The van der Waals surface area contributed by atoms with Gasteiger partial charge in [-0.3, -0.25) is 9.78 Å². The summed E-state index contributed by atoms with van der Waals surface area (Å²) >= 11 is 0. The second-order valence-corrected chi connectivity index (χ2v) is 6.20. The average molecular weight is 328 g/mol. The van der Waals surface area contributed by atoms with Gasteiger partial charge in [-0.15, -0.1) is 0 Å². The molecule has 0 unspecified atom stereocenters. The van der Waals surface area contributed by atoms with Gasteiger partial charge < -0.3 is 10.1 Å². The second-order valence-electron chi connectivity index (χ2n) is 6.20. The van der Waals surface area contributed by atoms with Crippen LogP contribution in [-0.2, 0) is 16.0 Å². The van der Waals surface area contributed by atoms with Gasteiger partial charge >= 0.3 is 5.97 Å². The van der Waals surface area contributed by atoms with Crippen LogP contribution < -0.4 is 5.32 Å². The third kappa shape index (κ3) is 4.10. The maximum atomic E-state index is 12.5. The summed E-state index contributed by atoms with van der Waals surface area (Å²) in [7, 11) is 0. The Bertz CT molecular complexity index is 754. The molecule has 24 heavy (non-hydrogen) atoms. The predicted molar refractivity (Wildman–Crippen MR) is 94.0 cm³/mol. The number of nitrogens with one attached hydrogen (secondary N) is 1. The number of ether oxygens (including phenoxy) is 1. The van der Waals surface area contributed by atoms with E-state index < -0.39 is 5.97 Å². The van der Waals surface area contributed by atoms with Gasteiger partial charge in [-0.25, -0.2) is 4.79 Å². The molecule has 0 spiro atoms. The molecule has 1 amide bonds. The van der Waals surface area contributed by atoms with Crippen LogP contribution in [0.3, 0.4) is 0 Å². The molecular formula is C19H24N2O3. The molecule has 2 rings (SSSR count). The van der Waals surface area contributed by atoms with Gasteiger partial charge in [-0.05, 0) is 30.9 Å². The van der Waals surface area contributed by atoms with Crippen LogP contribution in [0.15, 0.2) is 24.3 Å². The van der Waals surface area contributed by atoms with E-state index in [2.05, 4.69) is 10.3 Å². The largest absolute Gasteiger partial charge is 0.452 e. The first-order valence-electron chi connectivity index (χ1n) is 8.26. The van der Waals surface area contributed by atoms with Gasteiger partial charge in [-0.1, -0.05) is 39.0 Å². The summed E-state index contributed by atoms with van der Waals surface area (Å²) in [5.74, 6) is -0.438. The zero-order valence-corrected chi connectivity index (χ0v) is 14.7. The summed E-state index contributed by atoms with van der Waals surface area (Å²) in [6.07, 6.45) is 0.621. The molecule has 0 aliphatic carbocycles. The number of rotatable bonds is 6. The molecule has 0 radical (unpaired) electrons. The minimum atomic E-state index is -0.498. The summed E-state index contributed by atoms with van der Waals surface area (Å²) in [4.78, 5) is 28.8. The van der Waals surface area contributed by atoms with E-state index in [4.69, 9.17) is 4.74 Å². The van der Waals surface area contributed by atoms with Gasteiger partial charge in [0.15, 0.2) is 6.61 Å². The van der Waals surface area contributed by atoms with Crippen LogP contribution >= 0.6 is 0 Å². The first-order valence-corrected chi connectivity index (χ1v) is 8.26. The molecule has 0 atom stereocenters. The van der Waals surface area contributed by atoms with Crippen molar-refractivity contribution in [3.63, 3.8) is 0 Å². The van der Waals surface area contributed by atoms with E-state index in [-0.39, 0.29) is 12.5 Å². The number of amides is 1. The lowest BCUT2D eigenvalue weighted by Gasteiger charge is -2.13. The number of aryl methyl sites for hydroxylation is 2. The summed E-state index contributed by atoms with van der Waals surface area (Å²) < 4.78 is 5.20. The van der Waals surface area contributed by atoms with E-state index in [1.807, 2.05) is 52.0 Å². The normalized spacial score (nSPS) is 10.9. The Morgan fingerprint density at radius 1 is 1.25 bits per heavy atom. The molecule has 1 aromatic heterocycles.